The molecule has 0 aliphatic carbocycles. The third kappa shape index (κ3) is 5.07. The highest BCUT2D eigenvalue weighted by Gasteiger charge is 2.34. The highest BCUT2D eigenvalue weighted by molar-refractivity contribution is 9.10. The van der Waals surface area contributed by atoms with E-state index in [1.165, 1.54) is 6.07 Å². The van der Waals surface area contributed by atoms with Gasteiger partial charge in [-0.1, -0.05) is 32.9 Å². The van der Waals surface area contributed by atoms with Gasteiger partial charge in [-0.15, -0.1) is 24.8 Å². The van der Waals surface area contributed by atoms with Crippen LogP contribution in [0.3, 0.4) is 0 Å². The molecule has 1 atom stereocenters. The van der Waals surface area contributed by atoms with Gasteiger partial charge in [-0.25, -0.2) is 4.39 Å². The lowest BCUT2D eigenvalue weighted by molar-refractivity contribution is 0.0854. The second-order valence-corrected chi connectivity index (χ2v) is 6.99. The molecule has 6 heteroatoms. The van der Waals surface area contributed by atoms with E-state index in [1.807, 2.05) is 6.07 Å². The molecule has 1 heterocycles. The molecule has 1 aromatic rings. The first kappa shape index (κ1) is 21.1. The maximum atomic E-state index is 13.8. The van der Waals surface area contributed by atoms with Gasteiger partial charge in [0, 0.05) is 32.2 Å². The molecule has 0 saturated carbocycles. The van der Waals surface area contributed by atoms with Gasteiger partial charge in [-0.05, 0) is 33.0 Å². The number of nitrogens with zero attached hydrogens (tertiary/aromatic N) is 1. The highest BCUT2D eigenvalue weighted by Crippen LogP contribution is 2.41. The normalized spacial score (nSPS) is 17.6. The van der Waals surface area contributed by atoms with Gasteiger partial charge in [0.25, 0.3) is 0 Å². The van der Waals surface area contributed by atoms with Crippen molar-refractivity contribution in [1.29, 1.82) is 0 Å². The number of nitrogens with one attached hydrogen (secondary N) is 1. The number of rotatable bonds is 2. The Morgan fingerprint density at radius 1 is 1.19 bits per heavy atom. The summed E-state index contributed by atoms with van der Waals surface area (Å²) in [5, 5.41) is 3.37. The summed E-state index contributed by atoms with van der Waals surface area (Å²) in [6.45, 7) is 10.7. The molecule has 21 heavy (non-hydrogen) atoms. The lowest BCUT2D eigenvalue weighted by Gasteiger charge is -2.43. The smallest absolute Gasteiger partial charge is 0.137 e. The van der Waals surface area contributed by atoms with Crippen LogP contribution in [0.1, 0.15) is 32.4 Å². The molecule has 0 radical (unpaired) electrons. The van der Waals surface area contributed by atoms with Crippen molar-refractivity contribution in [3.63, 3.8) is 0 Å². The summed E-state index contributed by atoms with van der Waals surface area (Å²) in [6.07, 6.45) is 0. The third-order valence-corrected chi connectivity index (χ3v) is 4.45. The molecule has 2 nitrogen and oxygen atoms in total. The molecule has 0 aromatic heterocycles. The van der Waals surface area contributed by atoms with Crippen molar-refractivity contribution in [2.45, 2.75) is 26.8 Å². The minimum Gasteiger partial charge on any atom is -0.314 e. The lowest BCUT2D eigenvalue weighted by atomic mass is 9.81. The molecule has 1 aromatic carbocycles. The van der Waals surface area contributed by atoms with Crippen LogP contribution in [0, 0.1) is 11.2 Å². The summed E-state index contributed by atoms with van der Waals surface area (Å²) in [7, 11) is 0. The zero-order valence-corrected chi connectivity index (χ0v) is 15.9. The SMILES string of the molecule is CC(C)(C)[C@H](c1cccc(F)c1Br)N1CCNCC1.Cl.Cl. The lowest BCUT2D eigenvalue weighted by Crippen LogP contribution is -2.48. The first-order chi connectivity index (χ1) is 8.91. The van der Waals surface area contributed by atoms with Crippen LogP contribution in [0.2, 0.25) is 0 Å². The average molecular weight is 402 g/mol. The van der Waals surface area contributed by atoms with Gasteiger partial charge >= 0.3 is 0 Å². The molecule has 1 aliphatic heterocycles. The van der Waals surface area contributed by atoms with Crippen LogP contribution in [-0.2, 0) is 0 Å². The van der Waals surface area contributed by atoms with E-state index in [9.17, 15) is 4.39 Å². The predicted octanol–water partition coefficient (Wildman–Crippen LogP) is 4.42. The van der Waals surface area contributed by atoms with Gasteiger partial charge in [0.15, 0.2) is 0 Å². The van der Waals surface area contributed by atoms with E-state index in [1.54, 1.807) is 6.07 Å². The van der Waals surface area contributed by atoms with Crippen LogP contribution in [-0.4, -0.2) is 31.1 Å². The number of hydrogen-bond acceptors (Lipinski definition) is 2. The summed E-state index contributed by atoms with van der Waals surface area (Å²) in [5.74, 6) is -0.179. The maximum Gasteiger partial charge on any atom is 0.137 e. The van der Waals surface area contributed by atoms with Crippen molar-refractivity contribution in [3.8, 4) is 0 Å². The molecule has 122 valence electrons. The Kier molecular flexibility index (Phi) is 8.74. The Morgan fingerprint density at radius 3 is 2.29 bits per heavy atom. The Morgan fingerprint density at radius 2 is 1.76 bits per heavy atom. The number of benzene rings is 1. The summed E-state index contributed by atoms with van der Waals surface area (Å²) >= 11 is 3.42. The van der Waals surface area contributed by atoms with Crippen LogP contribution in [0.15, 0.2) is 22.7 Å². The van der Waals surface area contributed by atoms with E-state index in [0.29, 0.717) is 4.47 Å². The summed E-state index contributed by atoms with van der Waals surface area (Å²) in [6, 6.07) is 5.56. The minimum absolute atomic E-state index is 0. The minimum atomic E-state index is -0.179. The fourth-order valence-corrected chi connectivity index (χ4v) is 3.36. The van der Waals surface area contributed by atoms with Crippen LogP contribution in [0.5, 0.6) is 0 Å². The van der Waals surface area contributed by atoms with E-state index >= 15 is 0 Å². The van der Waals surface area contributed by atoms with E-state index in [-0.39, 0.29) is 42.1 Å². The van der Waals surface area contributed by atoms with Crippen LogP contribution in [0.4, 0.5) is 4.39 Å². The topological polar surface area (TPSA) is 15.3 Å². The molecule has 0 bridgehead atoms. The summed E-state index contributed by atoms with van der Waals surface area (Å²) < 4.78 is 14.4. The maximum absolute atomic E-state index is 13.8. The average Bonchev–Trinajstić information content (AvgIpc) is 2.35. The number of hydrogen-bond donors (Lipinski definition) is 1. The van der Waals surface area contributed by atoms with Gasteiger partial charge in [-0.3, -0.25) is 4.90 Å². The van der Waals surface area contributed by atoms with E-state index in [0.717, 1.165) is 31.7 Å². The van der Waals surface area contributed by atoms with Crippen molar-refractivity contribution in [2.24, 2.45) is 5.41 Å². The first-order valence-electron chi connectivity index (χ1n) is 6.80. The molecule has 1 N–H and O–H groups in total. The van der Waals surface area contributed by atoms with Crippen molar-refractivity contribution in [2.75, 3.05) is 26.2 Å². The highest BCUT2D eigenvalue weighted by atomic mass is 79.9. The molecule has 2 rings (SSSR count). The fourth-order valence-electron chi connectivity index (χ4n) is 2.88. The Bertz CT molecular complexity index is 446. The van der Waals surface area contributed by atoms with E-state index in [4.69, 9.17) is 0 Å². The van der Waals surface area contributed by atoms with Gasteiger partial charge in [0.1, 0.15) is 5.82 Å². The van der Waals surface area contributed by atoms with Crippen molar-refractivity contribution >= 4 is 40.7 Å². The molecule has 1 saturated heterocycles. The summed E-state index contributed by atoms with van der Waals surface area (Å²) in [4.78, 5) is 2.45. The number of piperazine rings is 1. The fraction of sp³-hybridized carbons (Fsp3) is 0.600. The Labute approximate surface area is 147 Å². The van der Waals surface area contributed by atoms with Crippen LogP contribution < -0.4 is 5.32 Å². The van der Waals surface area contributed by atoms with Gasteiger partial charge < -0.3 is 5.32 Å². The molecule has 1 aliphatic rings. The van der Waals surface area contributed by atoms with E-state index in [2.05, 4.69) is 46.9 Å². The van der Waals surface area contributed by atoms with E-state index < -0.39 is 0 Å². The second kappa shape index (κ2) is 8.68. The van der Waals surface area contributed by atoms with Gasteiger partial charge in [-0.2, -0.15) is 0 Å². The second-order valence-electron chi connectivity index (χ2n) is 6.20. The van der Waals surface area contributed by atoms with Crippen LogP contribution in [0.25, 0.3) is 0 Å². The molecular formula is C15H24BrCl2FN2. The molecule has 0 spiro atoms. The van der Waals surface area contributed by atoms with Crippen LogP contribution >= 0.6 is 40.7 Å². The van der Waals surface area contributed by atoms with Crippen molar-refractivity contribution in [1.82, 2.24) is 10.2 Å². The third-order valence-electron chi connectivity index (χ3n) is 3.61. The standard InChI is InChI=1S/C15H22BrFN2.2ClH/c1-15(2,3)14(19-9-7-18-8-10-19)11-5-4-6-12(17)13(11)16;;/h4-6,14,18H,7-10H2,1-3H3;2*1H/t14-;;/m0../s1. The quantitative estimate of drug-likeness (QED) is 0.788. The Balaban J connectivity index is 0.00000200. The summed E-state index contributed by atoms with van der Waals surface area (Å²) in [5.41, 5.74) is 1.11. The Hall–Kier alpha value is 0.130. The molecule has 0 unspecified atom stereocenters. The molecule has 1 fully saturated rings. The zero-order valence-electron chi connectivity index (χ0n) is 12.7. The zero-order chi connectivity index (χ0) is 14.0. The first-order valence-corrected chi connectivity index (χ1v) is 7.59. The van der Waals surface area contributed by atoms with Gasteiger partial charge in [0.2, 0.25) is 0 Å². The molecule has 0 amide bonds. The van der Waals surface area contributed by atoms with Crippen molar-refractivity contribution in [3.05, 3.63) is 34.1 Å². The number of halogens is 4. The molecular weight excluding hydrogens is 378 g/mol. The predicted molar refractivity (Wildman–Crippen MR) is 95.2 cm³/mol. The largest absolute Gasteiger partial charge is 0.314 e. The van der Waals surface area contributed by atoms with Crippen molar-refractivity contribution < 1.29 is 4.39 Å². The monoisotopic (exact) mass is 400 g/mol. The van der Waals surface area contributed by atoms with Gasteiger partial charge in [0.05, 0.1) is 4.47 Å².